The van der Waals surface area contributed by atoms with Gasteiger partial charge in [0.1, 0.15) is 0 Å². The van der Waals surface area contributed by atoms with E-state index in [1.165, 1.54) is 4.88 Å². The molecule has 0 saturated heterocycles. The zero-order chi connectivity index (χ0) is 10.5. The number of hydrogen-bond donors (Lipinski definition) is 1. The van der Waals surface area contributed by atoms with Crippen molar-refractivity contribution in [2.45, 2.75) is 13.1 Å². The van der Waals surface area contributed by atoms with Gasteiger partial charge in [0.15, 0.2) is 0 Å². The van der Waals surface area contributed by atoms with Crippen molar-refractivity contribution in [3.8, 4) is 0 Å². The fourth-order valence-corrected chi connectivity index (χ4v) is 1.79. The molecular formula is C10H12N4S. The van der Waals surface area contributed by atoms with Crippen LogP contribution in [0.5, 0.6) is 0 Å². The third kappa shape index (κ3) is 2.44. The van der Waals surface area contributed by atoms with E-state index in [2.05, 4.69) is 21.9 Å². The van der Waals surface area contributed by atoms with Crippen LogP contribution in [0.3, 0.4) is 0 Å². The Bertz CT molecular complexity index is 418. The van der Waals surface area contributed by atoms with Crippen molar-refractivity contribution in [2.24, 2.45) is 0 Å². The van der Waals surface area contributed by atoms with Gasteiger partial charge in [-0.1, -0.05) is 6.08 Å². The largest absolute Gasteiger partial charge is 0.351 e. The van der Waals surface area contributed by atoms with Crippen molar-refractivity contribution in [1.82, 2.24) is 14.5 Å². The van der Waals surface area contributed by atoms with Crippen LogP contribution in [-0.4, -0.2) is 14.5 Å². The molecule has 15 heavy (non-hydrogen) atoms. The Kier molecular flexibility index (Phi) is 3.14. The summed E-state index contributed by atoms with van der Waals surface area (Å²) in [5, 5.41) is 3.25. The fourth-order valence-electron chi connectivity index (χ4n) is 1.26. The highest BCUT2D eigenvalue weighted by Crippen LogP contribution is 2.10. The normalized spacial score (nSPS) is 10.1. The summed E-state index contributed by atoms with van der Waals surface area (Å²) in [5.74, 6) is 0.864. The Balaban J connectivity index is 1.98. The van der Waals surface area contributed by atoms with Crippen molar-refractivity contribution in [3.63, 3.8) is 0 Å². The number of imidazole rings is 1. The lowest BCUT2D eigenvalue weighted by Gasteiger charge is -2.06. The van der Waals surface area contributed by atoms with Crippen LogP contribution in [0.25, 0.3) is 0 Å². The van der Waals surface area contributed by atoms with Crippen LogP contribution in [0, 0.1) is 0 Å². The summed E-state index contributed by atoms with van der Waals surface area (Å²) < 4.78 is 2.01. The van der Waals surface area contributed by atoms with E-state index in [0.717, 1.165) is 19.0 Å². The highest BCUT2D eigenvalue weighted by Gasteiger charge is 2.00. The van der Waals surface area contributed by atoms with Crippen LogP contribution in [0.1, 0.15) is 4.88 Å². The molecule has 78 valence electrons. The summed E-state index contributed by atoms with van der Waals surface area (Å²) in [6, 6.07) is 0. The molecule has 0 aliphatic carbocycles. The molecule has 2 aromatic rings. The van der Waals surface area contributed by atoms with Gasteiger partial charge in [-0.2, -0.15) is 0 Å². The van der Waals surface area contributed by atoms with Gasteiger partial charge < -0.3 is 9.88 Å². The Hall–Kier alpha value is -1.62. The SMILES string of the molecule is C=CCn1ccnc1NCc1cncs1. The second kappa shape index (κ2) is 4.75. The summed E-state index contributed by atoms with van der Waals surface area (Å²) in [4.78, 5) is 9.44. The molecule has 2 heterocycles. The van der Waals surface area contributed by atoms with Crippen LogP contribution in [-0.2, 0) is 13.1 Å². The molecule has 4 nitrogen and oxygen atoms in total. The number of allylic oxidation sites excluding steroid dienone is 1. The van der Waals surface area contributed by atoms with E-state index in [4.69, 9.17) is 0 Å². The van der Waals surface area contributed by atoms with Crippen LogP contribution < -0.4 is 5.32 Å². The van der Waals surface area contributed by atoms with Gasteiger partial charge in [-0.3, -0.25) is 4.98 Å². The Labute approximate surface area is 92.3 Å². The molecule has 0 unspecified atom stereocenters. The molecular weight excluding hydrogens is 208 g/mol. The van der Waals surface area contributed by atoms with Crippen LogP contribution in [0.4, 0.5) is 5.95 Å². The number of rotatable bonds is 5. The van der Waals surface area contributed by atoms with E-state index in [0.29, 0.717) is 0 Å². The highest BCUT2D eigenvalue weighted by molar-refractivity contribution is 7.09. The minimum Gasteiger partial charge on any atom is -0.351 e. The van der Waals surface area contributed by atoms with E-state index in [-0.39, 0.29) is 0 Å². The molecule has 0 aliphatic heterocycles. The number of nitrogens with zero attached hydrogens (tertiary/aromatic N) is 3. The van der Waals surface area contributed by atoms with Crippen molar-refractivity contribution < 1.29 is 0 Å². The maximum absolute atomic E-state index is 4.22. The minimum absolute atomic E-state index is 0.763. The number of anilines is 1. The molecule has 0 bridgehead atoms. The number of nitrogens with one attached hydrogen (secondary N) is 1. The quantitative estimate of drug-likeness (QED) is 0.785. The first-order valence-electron chi connectivity index (χ1n) is 4.63. The van der Waals surface area contributed by atoms with E-state index in [9.17, 15) is 0 Å². The third-order valence-corrected chi connectivity index (χ3v) is 2.73. The lowest BCUT2D eigenvalue weighted by molar-refractivity contribution is 0.821. The number of thiazole rings is 1. The molecule has 0 spiro atoms. The van der Waals surface area contributed by atoms with Crippen molar-refractivity contribution in [2.75, 3.05) is 5.32 Å². The monoisotopic (exact) mass is 220 g/mol. The predicted octanol–water partition coefficient (Wildman–Crippen LogP) is 2.14. The molecule has 2 aromatic heterocycles. The summed E-state index contributed by atoms with van der Waals surface area (Å²) in [6.45, 7) is 5.23. The first-order valence-corrected chi connectivity index (χ1v) is 5.51. The Morgan fingerprint density at radius 3 is 3.27 bits per heavy atom. The van der Waals surface area contributed by atoms with E-state index in [1.54, 1.807) is 17.5 Å². The van der Waals surface area contributed by atoms with Gasteiger partial charge in [0, 0.05) is 30.0 Å². The lowest BCUT2D eigenvalue weighted by Crippen LogP contribution is -2.05. The van der Waals surface area contributed by atoms with Gasteiger partial charge in [0.2, 0.25) is 5.95 Å². The predicted molar refractivity (Wildman–Crippen MR) is 61.9 cm³/mol. The molecule has 0 radical (unpaired) electrons. The maximum Gasteiger partial charge on any atom is 0.203 e. The van der Waals surface area contributed by atoms with Gasteiger partial charge >= 0.3 is 0 Å². The standard InChI is InChI=1S/C10H12N4S/c1-2-4-14-5-3-12-10(14)13-7-9-6-11-8-15-9/h2-3,5-6,8H,1,4,7H2,(H,12,13). The maximum atomic E-state index is 4.22. The van der Waals surface area contributed by atoms with Crippen molar-refractivity contribution in [3.05, 3.63) is 41.6 Å². The zero-order valence-electron chi connectivity index (χ0n) is 8.26. The first-order chi connectivity index (χ1) is 7.40. The van der Waals surface area contributed by atoms with Crippen molar-refractivity contribution in [1.29, 1.82) is 0 Å². The second-order valence-electron chi connectivity index (χ2n) is 3.01. The second-order valence-corrected chi connectivity index (χ2v) is 3.98. The number of hydrogen-bond acceptors (Lipinski definition) is 4. The summed E-state index contributed by atoms with van der Waals surface area (Å²) >= 11 is 1.63. The summed E-state index contributed by atoms with van der Waals surface area (Å²) in [6.07, 6.45) is 7.41. The lowest BCUT2D eigenvalue weighted by atomic mass is 10.5. The van der Waals surface area contributed by atoms with E-state index >= 15 is 0 Å². The van der Waals surface area contributed by atoms with Crippen LogP contribution in [0.2, 0.25) is 0 Å². The van der Waals surface area contributed by atoms with Gasteiger partial charge in [0.25, 0.3) is 0 Å². The fraction of sp³-hybridized carbons (Fsp3) is 0.200. The number of aromatic nitrogens is 3. The van der Waals surface area contributed by atoms with Gasteiger partial charge in [-0.05, 0) is 0 Å². The molecule has 0 aromatic carbocycles. The van der Waals surface area contributed by atoms with Crippen LogP contribution >= 0.6 is 11.3 Å². The van der Waals surface area contributed by atoms with Gasteiger partial charge in [-0.15, -0.1) is 17.9 Å². The van der Waals surface area contributed by atoms with Crippen LogP contribution in [0.15, 0.2) is 36.8 Å². The van der Waals surface area contributed by atoms with E-state index < -0.39 is 0 Å². The summed E-state index contributed by atoms with van der Waals surface area (Å²) in [7, 11) is 0. The average molecular weight is 220 g/mol. The molecule has 5 heteroatoms. The minimum atomic E-state index is 0.763. The molecule has 0 aliphatic rings. The third-order valence-electron chi connectivity index (χ3n) is 1.95. The van der Waals surface area contributed by atoms with Crippen molar-refractivity contribution >= 4 is 17.3 Å². The molecule has 0 saturated carbocycles. The molecule has 2 rings (SSSR count). The van der Waals surface area contributed by atoms with Gasteiger partial charge in [-0.25, -0.2) is 4.98 Å². The summed E-state index contributed by atoms with van der Waals surface area (Å²) in [5.41, 5.74) is 1.83. The first kappa shape index (κ1) is 9.92. The van der Waals surface area contributed by atoms with Gasteiger partial charge in [0.05, 0.1) is 12.1 Å². The Morgan fingerprint density at radius 2 is 2.53 bits per heavy atom. The Morgan fingerprint density at radius 1 is 1.60 bits per heavy atom. The molecule has 0 atom stereocenters. The average Bonchev–Trinajstić information content (AvgIpc) is 2.85. The smallest absolute Gasteiger partial charge is 0.203 e. The van der Waals surface area contributed by atoms with E-state index in [1.807, 2.05) is 28.5 Å². The molecule has 1 N–H and O–H groups in total. The topological polar surface area (TPSA) is 42.7 Å². The zero-order valence-corrected chi connectivity index (χ0v) is 9.07. The molecule has 0 fully saturated rings. The highest BCUT2D eigenvalue weighted by atomic mass is 32.1. The molecule has 0 amide bonds.